The Morgan fingerprint density at radius 3 is 2.35 bits per heavy atom. The van der Waals surface area contributed by atoms with Crippen molar-refractivity contribution in [3.63, 3.8) is 0 Å². The lowest BCUT2D eigenvalue weighted by Crippen LogP contribution is -2.15. The molecule has 0 aliphatic rings. The second-order valence-electron chi connectivity index (χ2n) is 5.35. The second kappa shape index (κ2) is 6.92. The van der Waals surface area contributed by atoms with Crippen molar-refractivity contribution in [2.24, 2.45) is 5.73 Å². The van der Waals surface area contributed by atoms with Crippen LogP contribution in [0.1, 0.15) is 41.9 Å². The molecule has 2 unspecified atom stereocenters. The Balaban J connectivity index is 2.41. The predicted molar refractivity (Wildman–Crippen MR) is 87.5 cm³/mol. The van der Waals surface area contributed by atoms with Crippen LogP contribution in [0.4, 0.5) is 0 Å². The third kappa shape index (κ3) is 3.23. The molecule has 0 radical (unpaired) electrons. The molecule has 2 atom stereocenters. The fourth-order valence-electron chi connectivity index (χ4n) is 2.93. The van der Waals surface area contributed by atoms with Crippen molar-refractivity contribution in [3.8, 4) is 0 Å². The van der Waals surface area contributed by atoms with E-state index < -0.39 is 0 Å². The van der Waals surface area contributed by atoms with Crippen molar-refractivity contribution in [3.05, 3.63) is 70.2 Å². The molecule has 1 nitrogen and oxygen atoms in total. The van der Waals surface area contributed by atoms with E-state index in [1.54, 1.807) is 0 Å². The van der Waals surface area contributed by atoms with Crippen LogP contribution in [0, 0.1) is 6.92 Å². The van der Waals surface area contributed by atoms with Crippen molar-refractivity contribution >= 4 is 11.6 Å². The molecule has 0 saturated carbocycles. The molecule has 2 aromatic carbocycles. The molecular formula is C18H22ClN. The largest absolute Gasteiger partial charge is 0.330 e. The normalized spacial score (nSPS) is 14.0. The highest BCUT2D eigenvalue weighted by Gasteiger charge is 2.23. The summed E-state index contributed by atoms with van der Waals surface area (Å²) in [5, 5.41) is 0.853. The minimum Gasteiger partial charge on any atom is -0.330 e. The first-order valence-electron chi connectivity index (χ1n) is 7.15. The van der Waals surface area contributed by atoms with Gasteiger partial charge in [-0.1, -0.05) is 61.0 Å². The van der Waals surface area contributed by atoms with Gasteiger partial charge < -0.3 is 5.73 Å². The summed E-state index contributed by atoms with van der Waals surface area (Å²) < 4.78 is 0. The van der Waals surface area contributed by atoms with Crippen LogP contribution in [0.25, 0.3) is 0 Å². The van der Waals surface area contributed by atoms with E-state index in [-0.39, 0.29) is 0 Å². The van der Waals surface area contributed by atoms with Gasteiger partial charge in [-0.25, -0.2) is 0 Å². The van der Waals surface area contributed by atoms with Gasteiger partial charge in [0.05, 0.1) is 0 Å². The smallest absolute Gasteiger partial charge is 0.0443 e. The highest BCUT2D eigenvalue weighted by Crippen LogP contribution is 2.39. The Bertz CT molecular complexity index is 530. The molecule has 0 aromatic heterocycles. The van der Waals surface area contributed by atoms with Gasteiger partial charge >= 0.3 is 0 Å². The lowest BCUT2D eigenvalue weighted by molar-refractivity contribution is 0.539. The quantitative estimate of drug-likeness (QED) is 0.833. The molecule has 20 heavy (non-hydrogen) atoms. The number of halogens is 1. The molecule has 2 heteroatoms. The first kappa shape index (κ1) is 15.1. The highest BCUT2D eigenvalue weighted by molar-refractivity contribution is 6.31. The highest BCUT2D eigenvalue weighted by atomic mass is 35.5. The monoisotopic (exact) mass is 287 g/mol. The molecule has 0 aliphatic heterocycles. The summed E-state index contributed by atoms with van der Waals surface area (Å²) in [7, 11) is 0. The van der Waals surface area contributed by atoms with Crippen LogP contribution < -0.4 is 5.73 Å². The van der Waals surface area contributed by atoms with Gasteiger partial charge in [0.25, 0.3) is 0 Å². The fraction of sp³-hybridized carbons (Fsp3) is 0.333. The molecule has 106 valence electrons. The Labute approximate surface area is 126 Å². The van der Waals surface area contributed by atoms with Gasteiger partial charge in [0, 0.05) is 5.02 Å². The molecule has 0 heterocycles. The van der Waals surface area contributed by atoms with Crippen LogP contribution in [0.5, 0.6) is 0 Å². The van der Waals surface area contributed by atoms with Crippen LogP contribution >= 0.6 is 11.6 Å². The van der Waals surface area contributed by atoms with E-state index in [4.69, 9.17) is 17.3 Å². The van der Waals surface area contributed by atoms with Crippen LogP contribution in [-0.2, 0) is 0 Å². The third-order valence-corrected chi connectivity index (χ3v) is 4.38. The topological polar surface area (TPSA) is 26.0 Å². The van der Waals surface area contributed by atoms with Gasteiger partial charge in [-0.3, -0.25) is 0 Å². The SMILES string of the molecule is Cc1cccc(Cl)c1C(CCN)C(C)c1ccccc1. The zero-order valence-corrected chi connectivity index (χ0v) is 12.9. The molecule has 0 spiro atoms. The van der Waals surface area contributed by atoms with E-state index in [9.17, 15) is 0 Å². The maximum atomic E-state index is 6.45. The average Bonchev–Trinajstić information content (AvgIpc) is 2.46. The molecular weight excluding hydrogens is 266 g/mol. The van der Waals surface area contributed by atoms with Gasteiger partial charge in [0.15, 0.2) is 0 Å². The van der Waals surface area contributed by atoms with Crippen LogP contribution in [0.2, 0.25) is 5.02 Å². The maximum Gasteiger partial charge on any atom is 0.0443 e. The summed E-state index contributed by atoms with van der Waals surface area (Å²) in [5.74, 6) is 0.759. The molecule has 0 fully saturated rings. The van der Waals surface area contributed by atoms with Gasteiger partial charge in [-0.05, 0) is 54.5 Å². The predicted octanol–water partition coefficient (Wildman–Crippen LogP) is 4.88. The van der Waals surface area contributed by atoms with Gasteiger partial charge in [-0.2, -0.15) is 0 Å². The molecule has 2 N–H and O–H groups in total. The maximum absolute atomic E-state index is 6.45. The van der Waals surface area contributed by atoms with Crippen molar-refractivity contribution in [1.82, 2.24) is 0 Å². The number of rotatable bonds is 5. The van der Waals surface area contributed by atoms with Crippen molar-refractivity contribution in [2.45, 2.75) is 32.1 Å². The third-order valence-electron chi connectivity index (χ3n) is 4.05. The number of nitrogens with two attached hydrogens (primary N) is 1. The minimum absolute atomic E-state index is 0.358. The van der Waals surface area contributed by atoms with Crippen LogP contribution in [0.3, 0.4) is 0 Å². The van der Waals surface area contributed by atoms with Gasteiger partial charge in [0.1, 0.15) is 0 Å². The van der Waals surface area contributed by atoms with E-state index in [0.717, 1.165) is 11.4 Å². The van der Waals surface area contributed by atoms with Crippen molar-refractivity contribution < 1.29 is 0 Å². The summed E-state index contributed by atoms with van der Waals surface area (Å²) >= 11 is 6.45. The number of aryl methyl sites for hydroxylation is 1. The summed E-state index contributed by atoms with van der Waals surface area (Å²) in [6.07, 6.45) is 0.945. The summed E-state index contributed by atoms with van der Waals surface area (Å²) in [4.78, 5) is 0. The summed E-state index contributed by atoms with van der Waals surface area (Å²) in [6.45, 7) is 5.06. The van der Waals surface area contributed by atoms with Crippen molar-refractivity contribution in [2.75, 3.05) is 6.54 Å². The van der Waals surface area contributed by atoms with E-state index in [1.807, 2.05) is 12.1 Å². The second-order valence-corrected chi connectivity index (χ2v) is 5.76. The molecule has 2 aromatic rings. The Morgan fingerprint density at radius 1 is 1.05 bits per heavy atom. The van der Waals surface area contributed by atoms with E-state index in [0.29, 0.717) is 18.4 Å². The first-order chi connectivity index (χ1) is 9.65. The zero-order chi connectivity index (χ0) is 14.5. The first-order valence-corrected chi connectivity index (χ1v) is 7.53. The van der Waals surface area contributed by atoms with E-state index in [2.05, 4.69) is 50.2 Å². The molecule has 0 amide bonds. The Hall–Kier alpha value is -1.31. The Morgan fingerprint density at radius 2 is 1.75 bits per heavy atom. The number of hydrogen-bond donors (Lipinski definition) is 1. The van der Waals surface area contributed by atoms with E-state index in [1.165, 1.54) is 16.7 Å². The van der Waals surface area contributed by atoms with Crippen LogP contribution in [0.15, 0.2) is 48.5 Å². The standard InChI is InChI=1S/C18H22ClN/c1-13-7-6-10-17(19)18(13)16(11-12-20)14(2)15-8-4-3-5-9-15/h3-10,14,16H,11-12,20H2,1-2H3. The lowest BCUT2D eigenvalue weighted by Gasteiger charge is -2.27. The Kier molecular flexibility index (Phi) is 5.22. The number of hydrogen-bond acceptors (Lipinski definition) is 1. The summed E-state index contributed by atoms with van der Waals surface area (Å²) in [5.41, 5.74) is 9.67. The average molecular weight is 288 g/mol. The van der Waals surface area contributed by atoms with Gasteiger partial charge in [0.2, 0.25) is 0 Å². The van der Waals surface area contributed by atoms with Crippen LogP contribution in [-0.4, -0.2) is 6.54 Å². The number of benzene rings is 2. The molecule has 0 saturated heterocycles. The van der Waals surface area contributed by atoms with E-state index >= 15 is 0 Å². The van der Waals surface area contributed by atoms with Gasteiger partial charge in [-0.15, -0.1) is 0 Å². The molecule has 0 aliphatic carbocycles. The fourth-order valence-corrected chi connectivity index (χ4v) is 3.29. The summed E-state index contributed by atoms with van der Waals surface area (Å²) in [6, 6.07) is 16.7. The lowest BCUT2D eigenvalue weighted by atomic mass is 9.79. The minimum atomic E-state index is 0.358. The zero-order valence-electron chi connectivity index (χ0n) is 12.1. The van der Waals surface area contributed by atoms with Crippen molar-refractivity contribution in [1.29, 1.82) is 0 Å². The molecule has 0 bridgehead atoms. The molecule has 2 rings (SSSR count).